The van der Waals surface area contributed by atoms with Gasteiger partial charge >= 0.3 is 0 Å². The molecular weight excluding hydrogens is 318 g/mol. The first kappa shape index (κ1) is 16.2. The maximum atomic E-state index is 11.6. The fourth-order valence-corrected chi connectivity index (χ4v) is 2.54. The summed E-state index contributed by atoms with van der Waals surface area (Å²) in [5, 5.41) is 22.8. The molecule has 0 atom stereocenters. The van der Waals surface area contributed by atoms with E-state index in [0.717, 1.165) is 0 Å². The van der Waals surface area contributed by atoms with E-state index in [0.29, 0.717) is 28.1 Å². The largest absolute Gasteiger partial charge is 0.506 e. The van der Waals surface area contributed by atoms with Crippen LogP contribution in [0, 0.1) is 0 Å². The quantitative estimate of drug-likeness (QED) is 0.285. The molecule has 0 spiro atoms. The standard InChI is InChI=1S/C19H17N3O3/c20-15-10-12(6-8-17(15)23)22-16-7-5-11(9-18(16)24)13-3-1-2-4-14(13)19(21)25/h1-10,22-24H,20H2,(H2,21,25). The molecule has 3 rings (SSSR count). The minimum absolute atomic E-state index is 0.00317. The number of nitrogen functional groups attached to an aromatic ring is 1. The normalized spacial score (nSPS) is 10.4. The van der Waals surface area contributed by atoms with Crippen molar-refractivity contribution in [2.24, 2.45) is 5.73 Å². The minimum Gasteiger partial charge on any atom is -0.506 e. The number of benzene rings is 3. The van der Waals surface area contributed by atoms with E-state index >= 15 is 0 Å². The van der Waals surface area contributed by atoms with Crippen LogP contribution in [0.15, 0.2) is 60.7 Å². The number of anilines is 3. The van der Waals surface area contributed by atoms with Gasteiger partial charge in [0.05, 0.1) is 11.4 Å². The molecule has 3 aromatic rings. The van der Waals surface area contributed by atoms with E-state index < -0.39 is 5.91 Å². The average Bonchev–Trinajstić information content (AvgIpc) is 2.60. The van der Waals surface area contributed by atoms with Crippen molar-refractivity contribution in [3.05, 3.63) is 66.2 Å². The molecule has 0 heterocycles. The molecule has 6 heteroatoms. The smallest absolute Gasteiger partial charge is 0.249 e. The Hall–Kier alpha value is -3.67. The van der Waals surface area contributed by atoms with Crippen LogP contribution in [0.1, 0.15) is 10.4 Å². The lowest BCUT2D eigenvalue weighted by atomic mass is 9.98. The molecule has 0 saturated heterocycles. The molecule has 0 aliphatic heterocycles. The van der Waals surface area contributed by atoms with Gasteiger partial charge in [-0.3, -0.25) is 4.79 Å². The zero-order chi connectivity index (χ0) is 18.0. The highest BCUT2D eigenvalue weighted by atomic mass is 16.3. The Balaban J connectivity index is 1.94. The van der Waals surface area contributed by atoms with E-state index in [1.54, 1.807) is 54.6 Å². The van der Waals surface area contributed by atoms with Crippen molar-refractivity contribution in [3.8, 4) is 22.6 Å². The lowest BCUT2D eigenvalue weighted by Gasteiger charge is -2.12. The molecule has 6 nitrogen and oxygen atoms in total. The number of rotatable bonds is 4. The molecule has 0 fully saturated rings. The number of hydrogen-bond acceptors (Lipinski definition) is 5. The molecule has 0 aliphatic rings. The number of phenols is 2. The monoisotopic (exact) mass is 335 g/mol. The van der Waals surface area contributed by atoms with Crippen LogP contribution in [0.5, 0.6) is 11.5 Å². The number of amides is 1. The van der Waals surface area contributed by atoms with Crippen molar-refractivity contribution in [2.45, 2.75) is 0 Å². The number of nitrogens with two attached hydrogens (primary N) is 2. The van der Waals surface area contributed by atoms with E-state index in [9.17, 15) is 15.0 Å². The van der Waals surface area contributed by atoms with E-state index in [2.05, 4.69) is 5.32 Å². The van der Waals surface area contributed by atoms with Crippen LogP contribution in [0.25, 0.3) is 11.1 Å². The summed E-state index contributed by atoms with van der Waals surface area (Å²) in [5.41, 5.74) is 14.1. The van der Waals surface area contributed by atoms with Crippen LogP contribution in [-0.4, -0.2) is 16.1 Å². The lowest BCUT2D eigenvalue weighted by molar-refractivity contribution is 0.100. The first-order valence-corrected chi connectivity index (χ1v) is 7.53. The molecule has 126 valence electrons. The van der Waals surface area contributed by atoms with Crippen LogP contribution in [0.4, 0.5) is 17.1 Å². The van der Waals surface area contributed by atoms with Gasteiger partial charge in [-0.25, -0.2) is 0 Å². The number of hydrogen-bond donors (Lipinski definition) is 5. The Morgan fingerprint density at radius 1 is 0.920 bits per heavy atom. The van der Waals surface area contributed by atoms with Gasteiger partial charge in [-0.2, -0.15) is 0 Å². The van der Waals surface area contributed by atoms with Crippen molar-refractivity contribution in [1.29, 1.82) is 0 Å². The SMILES string of the molecule is NC(=O)c1ccccc1-c1ccc(Nc2ccc(O)c(N)c2)c(O)c1. The number of carbonyl (C=O) groups is 1. The van der Waals surface area contributed by atoms with Gasteiger partial charge in [0.25, 0.3) is 0 Å². The molecule has 0 unspecified atom stereocenters. The van der Waals surface area contributed by atoms with Crippen LogP contribution < -0.4 is 16.8 Å². The number of primary amides is 1. The predicted molar refractivity (Wildman–Crippen MR) is 97.9 cm³/mol. The minimum atomic E-state index is -0.531. The second-order valence-electron chi connectivity index (χ2n) is 5.54. The fourth-order valence-electron chi connectivity index (χ4n) is 2.54. The maximum absolute atomic E-state index is 11.6. The summed E-state index contributed by atoms with van der Waals surface area (Å²) >= 11 is 0. The van der Waals surface area contributed by atoms with E-state index in [-0.39, 0.29) is 17.2 Å². The highest BCUT2D eigenvalue weighted by Gasteiger charge is 2.11. The Morgan fingerprint density at radius 3 is 2.36 bits per heavy atom. The first-order chi connectivity index (χ1) is 12.0. The third kappa shape index (κ3) is 3.32. The molecule has 3 aromatic carbocycles. The first-order valence-electron chi connectivity index (χ1n) is 7.53. The van der Waals surface area contributed by atoms with E-state index in [1.807, 2.05) is 0 Å². The average molecular weight is 335 g/mol. The number of carbonyl (C=O) groups excluding carboxylic acids is 1. The summed E-state index contributed by atoms with van der Waals surface area (Å²) in [4.78, 5) is 11.6. The summed E-state index contributed by atoms with van der Waals surface area (Å²) in [6, 6.07) is 16.6. The van der Waals surface area contributed by atoms with Crippen molar-refractivity contribution in [2.75, 3.05) is 11.1 Å². The Kier molecular flexibility index (Phi) is 4.18. The fraction of sp³-hybridized carbons (Fsp3) is 0. The van der Waals surface area contributed by atoms with E-state index in [4.69, 9.17) is 11.5 Å². The van der Waals surface area contributed by atoms with Crippen LogP contribution in [0.3, 0.4) is 0 Å². The third-order valence-electron chi connectivity index (χ3n) is 3.81. The van der Waals surface area contributed by atoms with Crippen LogP contribution in [0.2, 0.25) is 0 Å². The summed E-state index contributed by atoms with van der Waals surface area (Å²) < 4.78 is 0. The molecule has 0 aromatic heterocycles. The molecule has 1 amide bonds. The summed E-state index contributed by atoms with van der Waals surface area (Å²) in [7, 11) is 0. The van der Waals surface area contributed by atoms with Gasteiger partial charge in [-0.1, -0.05) is 24.3 Å². The molecular formula is C19H17N3O3. The van der Waals surface area contributed by atoms with Gasteiger partial charge in [0.2, 0.25) is 5.91 Å². The van der Waals surface area contributed by atoms with E-state index in [1.165, 1.54) is 6.07 Å². The highest BCUT2D eigenvalue weighted by Crippen LogP contribution is 2.34. The number of phenolic OH excluding ortho intramolecular Hbond substituents is 2. The molecule has 0 bridgehead atoms. The molecule has 25 heavy (non-hydrogen) atoms. The van der Waals surface area contributed by atoms with Gasteiger partial charge < -0.3 is 27.0 Å². The van der Waals surface area contributed by atoms with Crippen molar-refractivity contribution in [3.63, 3.8) is 0 Å². The topological polar surface area (TPSA) is 122 Å². The molecule has 7 N–H and O–H groups in total. The second kappa shape index (κ2) is 6.45. The summed E-state index contributed by atoms with van der Waals surface area (Å²) in [6.07, 6.45) is 0. The number of nitrogens with one attached hydrogen (secondary N) is 1. The molecule has 0 aliphatic carbocycles. The second-order valence-corrected chi connectivity index (χ2v) is 5.54. The summed E-state index contributed by atoms with van der Waals surface area (Å²) in [5.74, 6) is -0.534. The van der Waals surface area contributed by atoms with Crippen molar-refractivity contribution >= 4 is 23.0 Å². The van der Waals surface area contributed by atoms with Gasteiger partial charge in [-0.05, 0) is 47.5 Å². The van der Waals surface area contributed by atoms with Crippen molar-refractivity contribution < 1.29 is 15.0 Å². The van der Waals surface area contributed by atoms with Crippen LogP contribution in [-0.2, 0) is 0 Å². The maximum Gasteiger partial charge on any atom is 0.249 e. The summed E-state index contributed by atoms with van der Waals surface area (Å²) in [6.45, 7) is 0. The Morgan fingerprint density at radius 2 is 1.68 bits per heavy atom. The number of aromatic hydroxyl groups is 2. The Labute approximate surface area is 144 Å². The third-order valence-corrected chi connectivity index (χ3v) is 3.81. The zero-order valence-corrected chi connectivity index (χ0v) is 13.2. The predicted octanol–water partition coefficient (Wildman–Crippen LogP) is 3.19. The molecule has 0 radical (unpaired) electrons. The Bertz CT molecular complexity index is 954. The lowest BCUT2D eigenvalue weighted by Crippen LogP contribution is -2.12. The zero-order valence-electron chi connectivity index (χ0n) is 13.2. The van der Waals surface area contributed by atoms with Gasteiger partial charge in [0, 0.05) is 11.3 Å². The molecule has 0 saturated carbocycles. The van der Waals surface area contributed by atoms with Crippen LogP contribution >= 0.6 is 0 Å². The van der Waals surface area contributed by atoms with Gasteiger partial charge in [0.1, 0.15) is 11.5 Å². The van der Waals surface area contributed by atoms with Gasteiger partial charge in [-0.15, -0.1) is 0 Å². The van der Waals surface area contributed by atoms with Crippen molar-refractivity contribution in [1.82, 2.24) is 0 Å². The van der Waals surface area contributed by atoms with Gasteiger partial charge in [0.15, 0.2) is 0 Å². The highest BCUT2D eigenvalue weighted by molar-refractivity contribution is 6.00.